The molecule has 0 bridgehead atoms. The van der Waals surface area contributed by atoms with Gasteiger partial charge < -0.3 is 10.1 Å². The Labute approximate surface area is 225 Å². The molecule has 0 fully saturated rings. The van der Waals surface area contributed by atoms with Crippen molar-refractivity contribution in [2.24, 2.45) is 0 Å². The lowest BCUT2D eigenvalue weighted by Gasteiger charge is -2.12. The maximum atomic E-state index is 13.8. The first kappa shape index (κ1) is 28.3. The lowest BCUT2D eigenvalue weighted by molar-refractivity contribution is -0.141. The Kier molecular flexibility index (Phi) is 8.69. The fourth-order valence-corrected chi connectivity index (χ4v) is 4.39. The summed E-state index contributed by atoms with van der Waals surface area (Å²) in [4.78, 5) is 21.6. The molecule has 4 aromatic rings. The van der Waals surface area contributed by atoms with Crippen LogP contribution >= 0.6 is 0 Å². The summed E-state index contributed by atoms with van der Waals surface area (Å²) in [6.45, 7) is 9.11. The van der Waals surface area contributed by atoms with Gasteiger partial charge in [-0.2, -0.15) is 18.3 Å². The molecule has 1 aromatic carbocycles. The van der Waals surface area contributed by atoms with Crippen LogP contribution in [0.4, 0.5) is 13.2 Å². The highest BCUT2D eigenvalue weighted by Gasteiger charge is 2.38. The molecule has 0 spiro atoms. The highest BCUT2D eigenvalue weighted by molar-refractivity contribution is 5.95. The van der Waals surface area contributed by atoms with E-state index < -0.39 is 11.9 Å². The molecule has 8 nitrogen and oxygen atoms in total. The van der Waals surface area contributed by atoms with Gasteiger partial charge in [0.1, 0.15) is 0 Å². The Morgan fingerprint density at radius 3 is 2.64 bits per heavy atom. The number of amides is 1. The summed E-state index contributed by atoms with van der Waals surface area (Å²) in [5.74, 6) is -0.154. The molecule has 0 radical (unpaired) electrons. The lowest BCUT2D eigenvalue weighted by atomic mass is 9.99. The van der Waals surface area contributed by atoms with E-state index in [4.69, 9.17) is 4.74 Å². The zero-order valence-corrected chi connectivity index (χ0v) is 22.5. The van der Waals surface area contributed by atoms with Crippen LogP contribution in [0.1, 0.15) is 73.0 Å². The van der Waals surface area contributed by atoms with E-state index in [1.54, 1.807) is 36.7 Å². The van der Waals surface area contributed by atoms with Crippen molar-refractivity contribution < 1.29 is 22.7 Å². The van der Waals surface area contributed by atoms with Crippen LogP contribution in [0.2, 0.25) is 0 Å². The summed E-state index contributed by atoms with van der Waals surface area (Å²) < 4.78 is 49.8. The second kappa shape index (κ2) is 12.0. The minimum Gasteiger partial charge on any atom is -0.380 e. The van der Waals surface area contributed by atoms with Crippen molar-refractivity contribution in [3.63, 3.8) is 0 Å². The van der Waals surface area contributed by atoms with Gasteiger partial charge in [0.05, 0.1) is 29.8 Å². The maximum absolute atomic E-state index is 13.8. The van der Waals surface area contributed by atoms with Gasteiger partial charge in [0.25, 0.3) is 5.91 Å². The number of hydrogen-bond donors (Lipinski definition) is 1. The molecule has 39 heavy (non-hydrogen) atoms. The Hall–Kier alpha value is -3.73. The summed E-state index contributed by atoms with van der Waals surface area (Å²) in [6.07, 6.45) is 3.36. The average molecular weight is 543 g/mol. The molecule has 4 rings (SSSR count). The highest BCUT2D eigenvalue weighted by atomic mass is 19.4. The predicted octanol–water partition coefficient (Wildman–Crippen LogP) is 5.50. The van der Waals surface area contributed by atoms with Crippen molar-refractivity contribution in [1.82, 2.24) is 29.5 Å². The number of halogens is 3. The van der Waals surface area contributed by atoms with E-state index in [0.29, 0.717) is 49.5 Å². The zero-order valence-electron chi connectivity index (χ0n) is 22.5. The molecular formula is C28H33F3N6O2. The van der Waals surface area contributed by atoms with Crippen LogP contribution in [-0.2, 0) is 23.8 Å². The van der Waals surface area contributed by atoms with Crippen molar-refractivity contribution in [3.8, 4) is 11.3 Å². The predicted molar refractivity (Wildman–Crippen MR) is 142 cm³/mol. The van der Waals surface area contributed by atoms with Crippen LogP contribution in [0.3, 0.4) is 0 Å². The molecule has 3 aromatic heterocycles. The van der Waals surface area contributed by atoms with Crippen molar-refractivity contribution >= 4 is 11.6 Å². The van der Waals surface area contributed by atoms with Gasteiger partial charge in [-0.15, -0.1) is 0 Å². The second-order valence-corrected chi connectivity index (χ2v) is 9.56. The molecule has 0 saturated heterocycles. The van der Waals surface area contributed by atoms with E-state index in [9.17, 15) is 18.0 Å². The number of aryl methyl sites for hydroxylation is 1. The summed E-state index contributed by atoms with van der Waals surface area (Å²) in [5, 5.41) is 6.69. The molecule has 208 valence electrons. The first-order valence-corrected chi connectivity index (χ1v) is 13.1. The SMILES string of the molecule is CCCOCCNC(=O)c1ccc(Cc2nccn3c(-c4cn(C(C)C)nc4C(F)(F)F)cnc23)cc1CC. The second-order valence-electron chi connectivity index (χ2n) is 9.56. The molecular weight excluding hydrogens is 509 g/mol. The molecule has 0 aliphatic rings. The van der Waals surface area contributed by atoms with Crippen molar-refractivity contribution in [2.75, 3.05) is 19.8 Å². The van der Waals surface area contributed by atoms with Crippen LogP contribution in [0, 0.1) is 0 Å². The van der Waals surface area contributed by atoms with Gasteiger partial charge in [0.15, 0.2) is 11.3 Å². The number of hydrogen-bond acceptors (Lipinski definition) is 5. The van der Waals surface area contributed by atoms with Gasteiger partial charge in [-0.3, -0.25) is 18.9 Å². The number of rotatable bonds is 11. The zero-order chi connectivity index (χ0) is 28.2. The number of nitrogens with one attached hydrogen (secondary N) is 1. The average Bonchev–Trinajstić information content (AvgIpc) is 3.54. The summed E-state index contributed by atoms with van der Waals surface area (Å²) in [6, 6.07) is 5.39. The summed E-state index contributed by atoms with van der Waals surface area (Å²) >= 11 is 0. The molecule has 0 aliphatic heterocycles. The Bertz CT molecular complexity index is 1440. The topological polar surface area (TPSA) is 86.3 Å². The largest absolute Gasteiger partial charge is 0.435 e. The van der Waals surface area contributed by atoms with Gasteiger partial charge in [0, 0.05) is 49.8 Å². The van der Waals surface area contributed by atoms with E-state index >= 15 is 0 Å². The van der Waals surface area contributed by atoms with E-state index in [1.807, 2.05) is 26.0 Å². The fraction of sp³-hybridized carbons (Fsp3) is 0.429. The van der Waals surface area contributed by atoms with Crippen molar-refractivity contribution in [2.45, 2.75) is 59.2 Å². The third kappa shape index (κ3) is 6.30. The standard InChI is InChI=1S/C28H33F3N6O2/c1-5-12-39-13-10-33-27(38)21-8-7-19(14-20(21)6-2)15-23-26-34-16-24(36(26)11-9-32-23)22-17-37(18(3)4)35-25(22)28(29,30)31/h7-9,11,14,16-18H,5-6,10,12-13,15H2,1-4H3,(H,33,38). The molecule has 0 aliphatic carbocycles. The summed E-state index contributed by atoms with van der Waals surface area (Å²) in [5.41, 5.74) is 2.80. The number of alkyl halides is 3. The first-order valence-electron chi connectivity index (χ1n) is 13.1. The van der Waals surface area contributed by atoms with Gasteiger partial charge in [-0.1, -0.05) is 26.0 Å². The third-order valence-electron chi connectivity index (χ3n) is 6.35. The van der Waals surface area contributed by atoms with Crippen LogP contribution < -0.4 is 5.32 Å². The quantitative estimate of drug-likeness (QED) is 0.253. The van der Waals surface area contributed by atoms with Gasteiger partial charge in [0.2, 0.25) is 0 Å². The smallest absolute Gasteiger partial charge is 0.380 e. The van der Waals surface area contributed by atoms with Crippen molar-refractivity contribution in [1.29, 1.82) is 0 Å². The number of fused-ring (bicyclic) bond motifs is 1. The van der Waals surface area contributed by atoms with E-state index in [0.717, 1.165) is 17.5 Å². The number of carbonyl (C=O) groups is 1. The highest BCUT2D eigenvalue weighted by Crippen LogP contribution is 2.37. The number of benzene rings is 1. The number of nitrogens with zero attached hydrogens (tertiary/aromatic N) is 5. The minimum absolute atomic E-state index is 0.0374. The van der Waals surface area contributed by atoms with Crippen LogP contribution in [0.15, 0.2) is 43.0 Å². The molecule has 0 atom stereocenters. The van der Waals surface area contributed by atoms with E-state index in [1.165, 1.54) is 17.1 Å². The lowest BCUT2D eigenvalue weighted by Crippen LogP contribution is -2.28. The van der Waals surface area contributed by atoms with Crippen LogP contribution in [0.5, 0.6) is 0 Å². The normalized spacial score (nSPS) is 12.0. The van der Waals surface area contributed by atoms with E-state index in [-0.39, 0.29) is 23.2 Å². The number of imidazole rings is 1. The van der Waals surface area contributed by atoms with Gasteiger partial charge >= 0.3 is 6.18 Å². The van der Waals surface area contributed by atoms with E-state index in [2.05, 4.69) is 20.4 Å². The first-order chi connectivity index (χ1) is 18.6. The summed E-state index contributed by atoms with van der Waals surface area (Å²) in [7, 11) is 0. The molecule has 1 N–H and O–H groups in total. The number of carbonyl (C=O) groups excluding carboxylic acids is 1. The number of ether oxygens (including phenoxy) is 1. The van der Waals surface area contributed by atoms with Gasteiger partial charge in [-0.25, -0.2) is 4.98 Å². The Morgan fingerprint density at radius 2 is 1.95 bits per heavy atom. The molecule has 11 heteroatoms. The van der Waals surface area contributed by atoms with Crippen LogP contribution in [-0.4, -0.2) is 49.8 Å². The monoisotopic (exact) mass is 542 g/mol. The van der Waals surface area contributed by atoms with Crippen molar-refractivity contribution in [3.05, 3.63) is 71.1 Å². The third-order valence-corrected chi connectivity index (χ3v) is 6.35. The van der Waals surface area contributed by atoms with Crippen LogP contribution in [0.25, 0.3) is 16.9 Å². The molecule has 1 amide bonds. The Balaban J connectivity index is 1.61. The molecule has 0 unspecified atom stereocenters. The molecule has 3 heterocycles. The fourth-order valence-electron chi connectivity index (χ4n) is 4.39. The van der Waals surface area contributed by atoms with Gasteiger partial charge in [-0.05, 0) is 43.9 Å². The maximum Gasteiger partial charge on any atom is 0.435 e. The Morgan fingerprint density at radius 1 is 1.15 bits per heavy atom. The minimum atomic E-state index is -4.61. The molecule has 0 saturated carbocycles. The number of aromatic nitrogens is 5.